The summed E-state index contributed by atoms with van der Waals surface area (Å²) >= 11 is 0. The molecule has 0 aromatic rings. The first kappa shape index (κ1) is 39.0. The van der Waals surface area contributed by atoms with Crippen molar-refractivity contribution in [1.29, 1.82) is 0 Å². The third kappa shape index (κ3) is 37.0. The van der Waals surface area contributed by atoms with Crippen LogP contribution in [0.15, 0.2) is 0 Å². The fourth-order valence-electron chi connectivity index (χ4n) is 4.32. The Morgan fingerprint density at radius 2 is 0.675 bits per heavy atom. The smallest absolute Gasteiger partial charge is 0.217 e. The van der Waals surface area contributed by atoms with E-state index in [1.54, 1.807) is 0 Å². The first-order valence-electron chi connectivity index (χ1n) is 15.0. The fourth-order valence-corrected chi connectivity index (χ4v) is 4.32. The van der Waals surface area contributed by atoms with Crippen molar-refractivity contribution in [3.8, 4) is 0 Å². The highest BCUT2D eigenvalue weighted by Gasteiger charge is 1.99. The number of nitrogens with two attached hydrogens (primary N) is 1. The van der Waals surface area contributed by atoms with Crippen molar-refractivity contribution in [2.75, 3.05) is 6.61 Å². The molecule has 14 heteroatoms. The van der Waals surface area contributed by atoms with E-state index in [1.165, 1.54) is 116 Å². The van der Waals surface area contributed by atoms with E-state index in [-0.39, 0.29) is 5.91 Å². The normalized spacial score (nSPS) is 11.4. The summed E-state index contributed by atoms with van der Waals surface area (Å²) < 4.78 is 0. The predicted molar refractivity (Wildman–Crippen MR) is 139 cm³/mol. The second kappa shape index (κ2) is 36.0. The van der Waals surface area contributed by atoms with Crippen molar-refractivity contribution >= 4 is 5.91 Å². The predicted octanol–water partition coefficient (Wildman–Crippen LogP) is 7.64. The van der Waals surface area contributed by atoms with Crippen LogP contribution in [0.3, 0.4) is 0 Å². The van der Waals surface area contributed by atoms with Crippen LogP contribution in [-0.2, 0) is 60.1 Å². The monoisotopic (exact) mass is 587 g/mol. The zero-order chi connectivity index (χ0) is 29.0. The molecule has 0 bridgehead atoms. The molecule has 0 fully saturated rings. The average Bonchev–Trinajstić information content (AvgIpc) is 2.95. The minimum absolute atomic E-state index is 0.172. The van der Waals surface area contributed by atoms with Crippen molar-refractivity contribution in [1.82, 2.24) is 0 Å². The zero-order valence-electron chi connectivity index (χ0n) is 24.1. The third-order valence-electron chi connectivity index (χ3n) is 6.45. The molecule has 0 aliphatic carbocycles. The molecule has 240 valence electrons. The van der Waals surface area contributed by atoms with Gasteiger partial charge in [0.1, 0.15) is 0 Å². The molecule has 14 nitrogen and oxygen atoms in total. The Morgan fingerprint density at radius 3 is 1.00 bits per heavy atom. The Labute approximate surface area is 238 Å². The molecule has 0 spiro atoms. The van der Waals surface area contributed by atoms with E-state index < -0.39 is 0 Å². The highest BCUT2D eigenvalue weighted by atomic mass is 18.0. The number of amides is 1. The molecule has 0 aromatic heterocycles. The molecule has 0 aliphatic heterocycles. The van der Waals surface area contributed by atoms with Gasteiger partial charge in [-0.1, -0.05) is 135 Å². The number of hydrogen-bond acceptors (Lipinski definition) is 13. The van der Waals surface area contributed by atoms with Crippen LogP contribution in [0, 0.1) is 0 Å². The van der Waals surface area contributed by atoms with E-state index in [4.69, 9.17) is 15.9 Å². The SMILES string of the molecule is NC(=O)CCCCCCCCCCCCCCCCCCCCCCCCCOOOOOOOOOOOO. The van der Waals surface area contributed by atoms with Gasteiger partial charge in [-0.25, -0.2) is 10.1 Å². The first-order valence-corrected chi connectivity index (χ1v) is 15.0. The Bertz CT molecular complexity index is 492. The van der Waals surface area contributed by atoms with E-state index in [0.29, 0.717) is 13.0 Å². The van der Waals surface area contributed by atoms with E-state index in [2.05, 4.69) is 50.4 Å². The number of carbonyl (C=O) groups is 1. The van der Waals surface area contributed by atoms with Gasteiger partial charge in [0.25, 0.3) is 0 Å². The van der Waals surface area contributed by atoms with Crippen LogP contribution < -0.4 is 5.73 Å². The number of carbonyl (C=O) groups excluding carboxylic acids is 1. The summed E-state index contributed by atoms with van der Waals surface area (Å²) in [6.45, 7) is 0.332. The van der Waals surface area contributed by atoms with Gasteiger partial charge in [-0.15, -0.1) is 0 Å². The average molecular weight is 588 g/mol. The van der Waals surface area contributed by atoms with Crippen LogP contribution >= 0.6 is 0 Å². The second-order valence-corrected chi connectivity index (χ2v) is 9.86. The third-order valence-corrected chi connectivity index (χ3v) is 6.45. The van der Waals surface area contributed by atoms with E-state index in [1.807, 2.05) is 0 Å². The highest BCUT2D eigenvalue weighted by molar-refractivity contribution is 5.73. The topological polar surface area (TPSA) is 165 Å². The first-order chi connectivity index (χ1) is 19.8. The zero-order valence-corrected chi connectivity index (χ0v) is 24.1. The van der Waals surface area contributed by atoms with Gasteiger partial charge in [-0.05, 0) is 63.2 Å². The summed E-state index contributed by atoms with van der Waals surface area (Å²) in [6.07, 6.45) is 29.8. The van der Waals surface area contributed by atoms with Gasteiger partial charge in [-0.2, -0.15) is 0 Å². The molecule has 0 aliphatic rings. The molecular formula is C26H53NO13. The van der Waals surface area contributed by atoms with Crippen LogP contribution in [0.25, 0.3) is 0 Å². The maximum absolute atomic E-state index is 10.7. The molecule has 1 amide bonds. The van der Waals surface area contributed by atoms with Crippen molar-refractivity contribution in [2.24, 2.45) is 5.73 Å². The van der Waals surface area contributed by atoms with Gasteiger partial charge in [0.05, 0.1) is 6.61 Å². The standard InChI is InChI=1S/C26H53NO13/c27-26(28)24-22-20-18-16-14-12-10-8-6-4-2-1-3-5-7-9-11-13-15-17-19-21-23-25-30-32-34-36-38-40-39-37-35-33-31-29/h29H,1-25H2,(H2,27,28). The van der Waals surface area contributed by atoms with E-state index in [9.17, 15) is 4.79 Å². The van der Waals surface area contributed by atoms with Crippen LogP contribution in [-0.4, -0.2) is 17.8 Å². The summed E-state index contributed by atoms with van der Waals surface area (Å²) in [6, 6.07) is 0. The summed E-state index contributed by atoms with van der Waals surface area (Å²) in [7, 11) is 0. The molecule has 0 aromatic carbocycles. The molecular weight excluding hydrogens is 534 g/mol. The second-order valence-electron chi connectivity index (χ2n) is 9.86. The molecule has 0 heterocycles. The Hall–Kier alpha value is -1.01. The van der Waals surface area contributed by atoms with Crippen molar-refractivity contribution in [3.63, 3.8) is 0 Å². The summed E-state index contributed by atoms with van der Waals surface area (Å²) in [5, 5.41) is 44.2. The van der Waals surface area contributed by atoms with Crippen LogP contribution in [0.4, 0.5) is 0 Å². The molecule has 0 saturated heterocycles. The van der Waals surface area contributed by atoms with Crippen molar-refractivity contribution in [3.05, 3.63) is 0 Å². The summed E-state index contributed by atoms with van der Waals surface area (Å²) in [5.74, 6) is -0.172. The van der Waals surface area contributed by atoms with Gasteiger partial charge in [0.15, 0.2) is 0 Å². The molecule has 0 saturated carbocycles. The Kier molecular flexibility index (Phi) is 35.1. The minimum atomic E-state index is -0.172. The van der Waals surface area contributed by atoms with Gasteiger partial charge < -0.3 is 5.73 Å². The lowest BCUT2D eigenvalue weighted by molar-refractivity contribution is -0.862. The van der Waals surface area contributed by atoms with Gasteiger partial charge in [0.2, 0.25) is 5.91 Å². The maximum atomic E-state index is 10.7. The van der Waals surface area contributed by atoms with Gasteiger partial charge in [0, 0.05) is 6.42 Å². The van der Waals surface area contributed by atoms with Crippen molar-refractivity contribution < 1.29 is 65.3 Å². The Morgan fingerprint density at radius 1 is 0.400 bits per heavy atom. The molecule has 0 rings (SSSR count). The lowest BCUT2D eigenvalue weighted by Crippen LogP contribution is -2.09. The lowest BCUT2D eigenvalue weighted by atomic mass is 10.0. The molecule has 40 heavy (non-hydrogen) atoms. The van der Waals surface area contributed by atoms with Crippen LogP contribution in [0.5, 0.6) is 0 Å². The van der Waals surface area contributed by atoms with Gasteiger partial charge >= 0.3 is 0 Å². The summed E-state index contributed by atoms with van der Waals surface area (Å²) in [4.78, 5) is 15.4. The quantitative estimate of drug-likeness (QED) is 0.0417. The maximum Gasteiger partial charge on any atom is 0.217 e. The summed E-state index contributed by atoms with van der Waals surface area (Å²) in [5.41, 5.74) is 5.15. The Balaban J connectivity index is 3.03. The van der Waals surface area contributed by atoms with Gasteiger partial charge in [-0.3, -0.25) is 4.79 Å². The number of unbranched alkanes of at least 4 members (excludes halogenated alkanes) is 22. The minimum Gasteiger partial charge on any atom is -0.370 e. The van der Waals surface area contributed by atoms with Crippen molar-refractivity contribution in [2.45, 2.75) is 154 Å². The number of primary amides is 1. The largest absolute Gasteiger partial charge is 0.370 e. The molecule has 0 unspecified atom stereocenters. The lowest BCUT2D eigenvalue weighted by Gasteiger charge is -2.04. The highest BCUT2D eigenvalue weighted by Crippen LogP contribution is 2.15. The number of hydrogen-bond donors (Lipinski definition) is 2. The van der Waals surface area contributed by atoms with E-state index in [0.717, 1.165) is 32.1 Å². The van der Waals surface area contributed by atoms with E-state index >= 15 is 0 Å². The van der Waals surface area contributed by atoms with Crippen LogP contribution in [0.2, 0.25) is 0 Å². The molecule has 0 radical (unpaired) electrons. The molecule has 0 atom stereocenters. The van der Waals surface area contributed by atoms with Crippen LogP contribution in [0.1, 0.15) is 154 Å². The molecule has 3 N–H and O–H groups in total. The number of rotatable bonds is 36. The fraction of sp³-hybridized carbons (Fsp3) is 0.962.